The number of likely N-dealkylation sites (tertiary alicyclic amines) is 1. The second-order valence-electron chi connectivity index (χ2n) is 10.1. The zero-order valence-electron chi connectivity index (χ0n) is 21.1. The maximum atomic E-state index is 13.5. The number of aryl methyl sites for hydroxylation is 2. The zero-order valence-corrected chi connectivity index (χ0v) is 21.1. The van der Waals surface area contributed by atoms with Crippen molar-refractivity contribution >= 4 is 16.9 Å². The van der Waals surface area contributed by atoms with Gasteiger partial charge in [0.05, 0.1) is 18.3 Å². The molecular formula is C29H30N6O2. The number of benzene rings is 2. The number of imidazole rings is 1. The van der Waals surface area contributed by atoms with Gasteiger partial charge in [0.25, 0.3) is 5.91 Å². The van der Waals surface area contributed by atoms with Crippen molar-refractivity contribution in [2.45, 2.75) is 37.9 Å². The summed E-state index contributed by atoms with van der Waals surface area (Å²) >= 11 is 0. The van der Waals surface area contributed by atoms with Crippen molar-refractivity contribution in [1.29, 1.82) is 5.26 Å². The summed E-state index contributed by atoms with van der Waals surface area (Å²) in [4.78, 5) is 20.4. The molecule has 1 aliphatic carbocycles. The zero-order chi connectivity index (χ0) is 25.7. The molecule has 8 nitrogen and oxygen atoms in total. The Morgan fingerprint density at radius 1 is 1.19 bits per heavy atom. The summed E-state index contributed by atoms with van der Waals surface area (Å²) in [7, 11) is 3.55. The van der Waals surface area contributed by atoms with Gasteiger partial charge in [0.2, 0.25) is 0 Å². The lowest BCUT2D eigenvalue weighted by Crippen LogP contribution is -2.41. The molecule has 188 valence electrons. The molecule has 3 heterocycles. The highest BCUT2D eigenvalue weighted by molar-refractivity contribution is 6.00. The maximum Gasteiger partial charge on any atom is 0.254 e. The van der Waals surface area contributed by atoms with E-state index in [0.717, 1.165) is 36.3 Å². The fourth-order valence-electron chi connectivity index (χ4n) is 6.15. The van der Waals surface area contributed by atoms with E-state index < -0.39 is 0 Å². The summed E-state index contributed by atoms with van der Waals surface area (Å²) in [6, 6.07) is 20.1. The fraction of sp³-hybridized carbons (Fsp3) is 0.345. The van der Waals surface area contributed by atoms with Crippen LogP contribution in [0.1, 0.15) is 34.5 Å². The van der Waals surface area contributed by atoms with Crippen LogP contribution < -0.4 is 10.5 Å². The van der Waals surface area contributed by atoms with Crippen molar-refractivity contribution in [3.05, 3.63) is 71.4 Å². The molecule has 2 aliphatic rings. The predicted octanol–water partition coefficient (Wildman–Crippen LogP) is 3.73. The molecule has 0 radical (unpaired) electrons. The Balaban J connectivity index is 1.38. The number of nitrogens with zero attached hydrogens (tertiary/aromatic N) is 5. The van der Waals surface area contributed by atoms with Crippen LogP contribution in [0.2, 0.25) is 0 Å². The van der Waals surface area contributed by atoms with Gasteiger partial charge in [-0.2, -0.15) is 5.26 Å². The lowest BCUT2D eigenvalue weighted by molar-refractivity contribution is 0.0700. The van der Waals surface area contributed by atoms with Crippen LogP contribution in [0.5, 0.6) is 5.75 Å². The minimum absolute atomic E-state index is 0.0203. The van der Waals surface area contributed by atoms with E-state index in [4.69, 9.17) is 15.5 Å². The van der Waals surface area contributed by atoms with E-state index in [1.165, 1.54) is 5.56 Å². The third-order valence-corrected chi connectivity index (χ3v) is 8.11. The molecule has 4 aromatic rings. The Labute approximate surface area is 215 Å². The van der Waals surface area contributed by atoms with Crippen LogP contribution >= 0.6 is 0 Å². The van der Waals surface area contributed by atoms with Gasteiger partial charge in [-0.05, 0) is 55.0 Å². The van der Waals surface area contributed by atoms with Crippen LogP contribution in [0, 0.1) is 17.2 Å². The molecule has 2 bridgehead atoms. The molecule has 2 fully saturated rings. The number of piperidine rings is 1. The number of nitriles is 1. The van der Waals surface area contributed by atoms with Crippen molar-refractivity contribution in [2.75, 3.05) is 13.7 Å². The Bertz CT molecular complexity index is 1530. The highest BCUT2D eigenvalue weighted by Crippen LogP contribution is 2.39. The number of rotatable bonds is 6. The second-order valence-corrected chi connectivity index (χ2v) is 10.1. The quantitative estimate of drug-likeness (QED) is 0.440. The summed E-state index contributed by atoms with van der Waals surface area (Å²) in [6.45, 7) is 1.36. The van der Waals surface area contributed by atoms with Crippen LogP contribution in [0.15, 0.2) is 54.6 Å². The fourth-order valence-corrected chi connectivity index (χ4v) is 6.15. The van der Waals surface area contributed by atoms with Crippen molar-refractivity contribution in [1.82, 2.24) is 19.0 Å². The van der Waals surface area contributed by atoms with Gasteiger partial charge in [-0.3, -0.25) is 4.79 Å². The minimum atomic E-state index is -0.0203. The summed E-state index contributed by atoms with van der Waals surface area (Å²) in [6.07, 6.45) is 2.85. The van der Waals surface area contributed by atoms with Crippen molar-refractivity contribution < 1.29 is 9.53 Å². The number of methoxy groups -OCH3 is 1. The van der Waals surface area contributed by atoms with E-state index in [-0.39, 0.29) is 18.0 Å². The number of aromatic nitrogens is 3. The highest BCUT2D eigenvalue weighted by Gasteiger charge is 2.47. The van der Waals surface area contributed by atoms with E-state index in [9.17, 15) is 10.1 Å². The van der Waals surface area contributed by atoms with Gasteiger partial charge in [-0.15, -0.1) is 0 Å². The Hall–Kier alpha value is -4.09. The standard InChI is InChI=1S/C29H30N6O2/c1-33-27-22(14-20(15-25(27)37-2)29(36)35-17-19-8-10-23(35)26(19)31)32-28(33)24-11-9-21(16-30)34(24)13-12-18-6-4-3-5-7-18/h3-7,9,11,14-15,19,23,26H,8,10,12-13,17,31H2,1-2H3/t19-,23?,26-/m1/s1. The van der Waals surface area contributed by atoms with Gasteiger partial charge in [-0.25, -0.2) is 4.98 Å². The van der Waals surface area contributed by atoms with Gasteiger partial charge in [0, 0.05) is 37.8 Å². The molecule has 1 aliphatic heterocycles. The van der Waals surface area contributed by atoms with Gasteiger partial charge in [-0.1, -0.05) is 30.3 Å². The van der Waals surface area contributed by atoms with Crippen LogP contribution in [0.4, 0.5) is 0 Å². The van der Waals surface area contributed by atoms with Gasteiger partial charge >= 0.3 is 0 Å². The molecule has 37 heavy (non-hydrogen) atoms. The number of amides is 1. The SMILES string of the molecule is COc1cc(C(=O)N2C[C@H]3CCC2[C@@H]3N)cc2nc(-c3ccc(C#N)n3CCc3ccccc3)n(C)c12. The molecule has 1 amide bonds. The molecule has 6 rings (SSSR count). The molecule has 0 spiro atoms. The smallest absolute Gasteiger partial charge is 0.254 e. The van der Waals surface area contributed by atoms with E-state index in [1.54, 1.807) is 7.11 Å². The number of hydrogen-bond acceptors (Lipinski definition) is 5. The third kappa shape index (κ3) is 3.78. The summed E-state index contributed by atoms with van der Waals surface area (Å²) in [5.74, 6) is 1.68. The van der Waals surface area contributed by atoms with E-state index in [0.29, 0.717) is 41.5 Å². The third-order valence-electron chi connectivity index (χ3n) is 8.11. The molecule has 1 saturated heterocycles. The first-order valence-electron chi connectivity index (χ1n) is 12.7. The molecule has 3 atom stereocenters. The topological polar surface area (TPSA) is 102 Å². The number of hydrogen-bond donors (Lipinski definition) is 1. The Morgan fingerprint density at radius 2 is 2.00 bits per heavy atom. The average molecular weight is 495 g/mol. The minimum Gasteiger partial charge on any atom is -0.494 e. The first kappa shape index (κ1) is 23.3. The predicted molar refractivity (Wildman–Crippen MR) is 141 cm³/mol. The van der Waals surface area contributed by atoms with Crippen LogP contribution in [-0.2, 0) is 20.0 Å². The molecule has 1 unspecified atom stereocenters. The molecule has 8 heteroatoms. The normalized spacial score (nSPS) is 20.5. The van der Waals surface area contributed by atoms with Gasteiger partial charge in [0.15, 0.2) is 5.82 Å². The number of carbonyl (C=O) groups is 1. The van der Waals surface area contributed by atoms with E-state index in [2.05, 4.69) is 18.2 Å². The number of carbonyl (C=O) groups excluding carboxylic acids is 1. The molecule has 2 aromatic heterocycles. The number of ether oxygens (including phenoxy) is 1. The van der Waals surface area contributed by atoms with Crippen LogP contribution in [0.3, 0.4) is 0 Å². The molecular weight excluding hydrogens is 464 g/mol. The monoisotopic (exact) mass is 494 g/mol. The summed E-state index contributed by atoms with van der Waals surface area (Å²) in [5.41, 5.74) is 11.0. The van der Waals surface area contributed by atoms with E-state index in [1.807, 2.05) is 63.5 Å². The molecule has 2 N–H and O–H groups in total. The highest BCUT2D eigenvalue weighted by atomic mass is 16.5. The number of nitrogens with two attached hydrogens (primary N) is 1. The van der Waals surface area contributed by atoms with Crippen LogP contribution in [0.25, 0.3) is 22.6 Å². The summed E-state index contributed by atoms with van der Waals surface area (Å²) < 4.78 is 9.73. The lowest BCUT2D eigenvalue weighted by Gasteiger charge is -2.27. The first-order valence-corrected chi connectivity index (χ1v) is 12.7. The van der Waals surface area contributed by atoms with E-state index >= 15 is 0 Å². The van der Waals surface area contributed by atoms with Gasteiger partial charge < -0.3 is 24.5 Å². The van der Waals surface area contributed by atoms with Crippen molar-refractivity contribution in [3.63, 3.8) is 0 Å². The lowest BCUT2D eigenvalue weighted by atomic mass is 10.1. The first-order chi connectivity index (χ1) is 18.0. The second kappa shape index (κ2) is 9.09. The molecule has 1 saturated carbocycles. The van der Waals surface area contributed by atoms with Crippen molar-refractivity contribution in [2.24, 2.45) is 18.7 Å². The average Bonchev–Trinajstić information content (AvgIpc) is 3.68. The van der Waals surface area contributed by atoms with Crippen LogP contribution in [-0.4, -0.2) is 50.7 Å². The van der Waals surface area contributed by atoms with Crippen molar-refractivity contribution in [3.8, 4) is 23.3 Å². The largest absolute Gasteiger partial charge is 0.494 e. The molecule has 2 aromatic carbocycles. The summed E-state index contributed by atoms with van der Waals surface area (Å²) in [5, 5.41) is 9.76. The Morgan fingerprint density at radius 3 is 2.68 bits per heavy atom. The maximum absolute atomic E-state index is 13.5. The van der Waals surface area contributed by atoms with Gasteiger partial charge in [0.1, 0.15) is 23.0 Å². The Kier molecular flexibility index (Phi) is 5.73. The number of fused-ring (bicyclic) bond motifs is 3.